The van der Waals surface area contributed by atoms with E-state index in [0.29, 0.717) is 6.04 Å². The number of fused-ring (bicyclic) bond motifs is 1. The maximum atomic E-state index is 12.9. The summed E-state index contributed by atoms with van der Waals surface area (Å²) in [6.07, 6.45) is 4.42. The number of ether oxygens (including phenoxy) is 1. The fourth-order valence-electron chi connectivity index (χ4n) is 3.39. The van der Waals surface area contributed by atoms with E-state index < -0.39 is 0 Å². The van der Waals surface area contributed by atoms with Gasteiger partial charge >= 0.3 is 0 Å². The van der Waals surface area contributed by atoms with Crippen molar-refractivity contribution >= 4 is 11.6 Å². The van der Waals surface area contributed by atoms with Gasteiger partial charge in [-0.1, -0.05) is 25.0 Å². The number of rotatable bonds is 2. The van der Waals surface area contributed by atoms with Crippen LogP contribution >= 0.6 is 0 Å². The van der Waals surface area contributed by atoms with Gasteiger partial charge in [0.1, 0.15) is 17.9 Å². The zero-order valence-electron chi connectivity index (χ0n) is 12.1. The molecule has 1 aliphatic carbocycles. The Morgan fingerprint density at radius 3 is 2.65 bits per heavy atom. The van der Waals surface area contributed by atoms with Crippen LogP contribution in [0.4, 0.5) is 5.69 Å². The second-order valence-corrected chi connectivity index (χ2v) is 5.70. The Labute approximate surface area is 120 Å². The monoisotopic (exact) mass is 274 g/mol. The first-order valence-corrected chi connectivity index (χ1v) is 7.48. The molecule has 0 saturated heterocycles. The van der Waals surface area contributed by atoms with Crippen molar-refractivity contribution in [2.75, 3.05) is 11.9 Å². The number of nitrogens with zero attached hydrogens (tertiary/aromatic N) is 1. The lowest BCUT2D eigenvalue weighted by molar-refractivity contribution is -0.122. The largest absolute Gasteiger partial charge is 0.486 e. The average Bonchev–Trinajstić information content (AvgIpc) is 2.92. The second-order valence-electron chi connectivity index (χ2n) is 5.70. The number of hydrogen-bond donors (Lipinski definition) is 1. The lowest BCUT2D eigenvalue weighted by Crippen LogP contribution is -2.53. The zero-order valence-corrected chi connectivity index (χ0v) is 12.1. The highest BCUT2D eigenvalue weighted by molar-refractivity contribution is 6.00. The fraction of sp³-hybridized carbons (Fsp3) is 0.562. The number of para-hydroxylation sites is 2. The molecule has 108 valence electrons. The van der Waals surface area contributed by atoms with Crippen LogP contribution in [0.15, 0.2) is 24.3 Å². The van der Waals surface area contributed by atoms with Crippen molar-refractivity contribution in [1.29, 1.82) is 0 Å². The van der Waals surface area contributed by atoms with Gasteiger partial charge in [-0.2, -0.15) is 0 Å². The molecule has 4 nitrogen and oxygen atoms in total. The molecule has 0 spiro atoms. The molecule has 2 aliphatic rings. The van der Waals surface area contributed by atoms with Crippen LogP contribution in [0.1, 0.15) is 32.6 Å². The van der Waals surface area contributed by atoms with E-state index in [1.807, 2.05) is 43.1 Å². The number of benzene rings is 1. The molecule has 0 bridgehead atoms. The summed E-state index contributed by atoms with van der Waals surface area (Å²) in [6, 6.07) is 7.91. The van der Waals surface area contributed by atoms with Crippen molar-refractivity contribution in [3.8, 4) is 5.75 Å². The van der Waals surface area contributed by atoms with Crippen LogP contribution in [0.3, 0.4) is 0 Å². The maximum absolute atomic E-state index is 12.9. The van der Waals surface area contributed by atoms with Crippen LogP contribution in [0.2, 0.25) is 0 Å². The molecule has 2 atom stereocenters. The minimum absolute atomic E-state index is 0.136. The molecule has 1 aliphatic heterocycles. The van der Waals surface area contributed by atoms with Gasteiger partial charge in [-0.25, -0.2) is 0 Å². The SMILES string of the molecule is CNC1C(=O)N(C2CCCC2)c2ccccc2OC1C. The molecule has 20 heavy (non-hydrogen) atoms. The molecule has 1 aromatic rings. The summed E-state index contributed by atoms with van der Waals surface area (Å²) in [5.74, 6) is 0.954. The molecule has 1 fully saturated rings. The van der Waals surface area contributed by atoms with Crippen molar-refractivity contribution in [2.45, 2.75) is 50.8 Å². The van der Waals surface area contributed by atoms with Crippen molar-refractivity contribution in [3.05, 3.63) is 24.3 Å². The first kappa shape index (κ1) is 13.4. The maximum Gasteiger partial charge on any atom is 0.248 e. The van der Waals surface area contributed by atoms with Crippen LogP contribution in [0.5, 0.6) is 5.75 Å². The Morgan fingerprint density at radius 1 is 1.25 bits per heavy atom. The highest BCUT2D eigenvalue weighted by atomic mass is 16.5. The molecule has 3 rings (SSSR count). The Bertz CT molecular complexity index is 497. The predicted molar refractivity (Wildman–Crippen MR) is 79.1 cm³/mol. The summed E-state index contributed by atoms with van der Waals surface area (Å²) in [7, 11) is 1.82. The summed E-state index contributed by atoms with van der Waals surface area (Å²) in [6.45, 7) is 1.95. The van der Waals surface area contributed by atoms with Crippen molar-refractivity contribution < 1.29 is 9.53 Å². The van der Waals surface area contributed by atoms with Crippen molar-refractivity contribution in [1.82, 2.24) is 5.32 Å². The number of carbonyl (C=O) groups excluding carboxylic acids is 1. The van der Waals surface area contributed by atoms with E-state index >= 15 is 0 Å². The highest BCUT2D eigenvalue weighted by Crippen LogP contribution is 2.37. The van der Waals surface area contributed by atoms with E-state index in [2.05, 4.69) is 5.32 Å². The molecule has 0 radical (unpaired) electrons. The van der Waals surface area contributed by atoms with Gasteiger partial charge in [0.2, 0.25) is 5.91 Å². The number of nitrogens with one attached hydrogen (secondary N) is 1. The highest BCUT2D eigenvalue weighted by Gasteiger charge is 2.39. The molecular formula is C16H22N2O2. The molecule has 2 unspecified atom stereocenters. The fourth-order valence-corrected chi connectivity index (χ4v) is 3.39. The van der Waals surface area contributed by atoms with Gasteiger partial charge in [-0.3, -0.25) is 4.79 Å². The second kappa shape index (κ2) is 5.44. The quantitative estimate of drug-likeness (QED) is 0.900. The van der Waals surface area contributed by atoms with E-state index in [9.17, 15) is 4.79 Å². The standard InChI is InChI=1S/C16H22N2O2/c1-11-15(17-2)16(19)18(12-7-3-4-8-12)13-9-5-6-10-14(13)20-11/h5-6,9-12,15,17H,3-4,7-8H2,1-2H3. The number of carbonyl (C=O) groups is 1. The number of anilines is 1. The van der Waals surface area contributed by atoms with Gasteiger partial charge in [0.05, 0.1) is 5.69 Å². The van der Waals surface area contributed by atoms with Gasteiger partial charge < -0.3 is 15.0 Å². The van der Waals surface area contributed by atoms with E-state index in [1.54, 1.807) is 0 Å². The zero-order chi connectivity index (χ0) is 14.1. The smallest absolute Gasteiger partial charge is 0.248 e. The number of hydrogen-bond acceptors (Lipinski definition) is 3. The van der Waals surface area contributed by atoms with Crippen LogP contribution in [0.25, 0.3) is 0 Å². The predicted octanol–water partition coefficient (Wildman–Crippen LogP) is 2.33. The van der Waals surface area contributed by atoms with Crippen LogP contribution in [-0.4, -0.2) is 31.1 Å². The molecule has 1 amide bonds. The van der Waals surface area contributed by atoms with E-state index in [1.165, 1.54) is 12.8 Å². The van der Waals surface area contributed by atoms with Gasteiger partial charge in [0, 0.05) is 6.04 Å². The summed E-state index contributed by atoms with van der Waals surface area (Å²) < 4.78 is 6.00. The molecular weight excluding hydrogens is 252 g/mol. The Kier molecular flexibility index (Phi) is 3.66. The first-order chi connectivity index (χ1) is 9.72. The van der Waals surface area contributed by atoms with Crippen molar-refractivity contribution in [3.63, 3.8) is 0 Å². The average molecular weight is 274 g/mol. The lowest BCUT2D eigenvalue weighted by Gasteiger charge is -2.30. The Hall–Kier alpha value is -1.55. The van der Waals surface area contributed by atoms with Crippen LogP contribution in [-0.2, 0) is 4.79 Å². The molecule has 1 saturated carbocycles. The number of amides is 1. The summed E-state index contributed by atoms with van der Waals surface area (Å²) in [4.78, 5) is 14.9. The third-order valence-electron chi connectivity index (χ3n) is 4.41. The summed E-state index contributed by atoms with van der Waals surface area (Å²) in [5.41, 5.74) is 0.925. The third kappa shape index (κ3) is 2.18. The van der Waals surface area contributed by atoms with E-state index in [4.69, 9.17) is 4.74 Å². The minimum atomic E-state index is -0.289. The topological polar surface area (TPSA) is 41.6 Å². The summed E-state index contributed by atoms with van der Waals surface area (Å²) in [5, 5.41) is 3.12. The minimum Gasteiger partial charge on any atom is -0.486 e. The lowest BCUT2D eigenvalue weighted by atomic mass is 10.1. The molecule has 1 N–H and O–H groups in total. The molecule has 1 heterocycles. The molecule has 1 aromatic carbocycles. The first-order valence-electron chi connectivity index (χ1n) is 7.48. The third-order valence-corrected chi connectivity index (χ3v) is 4.41. The van der Waals surface area contributed by atoms with E-state index in [0.717, 1.165) is 24.3 Å². The van der Waals surface area contributed by atoms with Crippen LogP contribution < -0.4 is 15.0 Å². The van der Waals surface area contributed by atoms with Crippen molar-refractivity contribution in [2.24, 2.45) is 0 Å². The van der Waals surface area contributed by atoms with Gasteiger partial charge in [-0.15, -0.1) is 0 Å². The summed E-state index contributed by atoms with van der Waals surface area (Å²) >= 11 is 0. The normalized spacial score (nSPS) is 27.1. The van der Waals surface area contributed by atoms with Gasteiger partial charge in [-0.05, 0) is 38.9 Å². The Balaban J connectivity index is 2.05. The molecule has 0 aromatic heterocycles. The van der Waals surface area contributed by atoms with Gasteiger partial charge in [0.15, 0.2) is 0 Å². The van der Waals surface area contributed by atoms with Gasteiger partial charge in [0.25, 0.3) is 0 Å². The number of likely N-dealkylation sites (N-methyl/N-ethyl adjacent to an activating group) is 1. The van der Waals surface area contributed by atoms with Crippen LogP contribution in [0, 0.1) is 0 Å². The Morgan fingerprint density at radius 2 is 1.95 bits per heavy atom. The van der Waals surface area contributed by atoms with E-state index in [-0.39, 0.29) is 18.1 Å². The molecule has 4 heteroatoms.